The Labute approximate surface area is 88.2 Å². The summed E-state index contributed by atoms with van der Waals surface area (Å²) in [4.78, 5) is 2.06. The molecule has 82 valence electrons. The summed E-state index contributed by atoms with van der Waals surface area (Å²) in [5, 5.41) is -0.110. The molecule has 1 saturated heterocycles. The van der Waals surface area contributed by atoms with Crippen molar-refractivity contribution in [2.75, 3.05) is 12.4 Å². The normalized spacial score (nSPS) is 22.1. The second kappa shape index (κ2) is 4.87. The Balaban J connectivity index is 2.36. The highest BCUT2D eigenvalue weighted by atomic mass is 32.2. The van der Waals surface area contributed by atoms with E-state index in [1.807, 2.05) is 0 Å². The number of hydrazine groups is 1. The number of thiocarbonyl (C=S) groups is 1. The number of ether oxygens (including phenoxy) is 1. The minimum atomic E-state index is -3.41. The van der Waals surface area contributed by atoms with Crippen molar-refractivity contribution in [2.24, 2.45) is 5.73 Å². The van der Waals surface area contributed by atoms with Crippen molar-refractivity contribution < 1.29 is 13.2 Å². The molecule has 0 spiro atoms. The lowest BCUT2D eigenvalue weighted by Gasteiger charge is -2.11. The number of hydrogen-bond acceptors (Lipinski definition) is 4. The number of sulfonamides is 1. The zero-order valence-electron chi connectivity index (χ0n) is 7.52. The first kappa shape index (κ1) is 11.6. The van der Waals surface area contributed by atoms with Crippen LogP contribution in [0.4, 0.5) is 0 Å². The van der Waals surface area contributed by atoms with Crippen molar-refractivity contribution in [2.45, 2.75) is 18.9 Å². The Bertz CT molecular complexity index is 297. The largest absolute Gasteiger partial charge is 0.377 e. The third-order valence-electron chi connectivity index (χ3n) is 1.76. The van der Waals surface area contributed by atoms with Crippen LogP contribution in [0.5, 0.6) is 0 Å². The van der Waals surface area contributed by atoms with E-state index in [0.717, 1.165) is 12.8 Å². The lowest BCUT2D eigenvalue weighted by Crippen LogP contribution is -2.46. The van der Waals surface area contributed by atoms with Gasteiger partial charge in [-0.05, 0) is 25.1 Å². The maximum Gasteiger partial charge on any atom is 0.230 e. The summed E-state index contributed by atoms with van der Waals surface area (Å²) in [7, 11) is -3.41. The molecule has 0 bridgehead atoms. The Morgan fingerprint density at radius 2 is 2.36 bits per heavy atom. The molecule has 1 rings (SSSR count). The molecular weight excluding hydrogens is 226 g/mol. The van der Waals surface area contributed by atoms with Crippen LogP contribution in [0.15, 0.2) is 0 Å². The van der Waals surface area contributed by atoms with Crippen LogP contribution >= 0.6 is 12.2 Å². The molecule has 0 aromatic carbocycles. The fraction of sp³-hybridized carbons (Fsp3) is 0.833. The molecule has 1 fully saturated rings. The van der Waals surface area contributed by atoms with Crippen LogP contribution in [0, 0.1) is 0 Å². The highest BCUT2D eigenvalue weighted by Gasteiger charge is 2.22. The first-order valence-corrected chi connectivity index (χ1v) is 6.22. The molecule has 1 aliphatic heterocycles. The highest BCUT2D eigenvalue weighted by Crippen LogP contribution is 2.12. The van der Waals surface area contributed by atoms with E-state index in [1.165, 1.54) is 0 Å². The molecule has 14 heavy (non-hydrogen) atoms. The molecule has 0 aromatic rings. The predicted octanol–water partition coefficient (Wildman–Crippen LogP) is -1.17. The van der Waals surface area contributed by atoms with Crippen molar-refractivity contribution in [3.63, 3.8) is 0 Å². The summed E-state index contributed by atoms with van der Waals surface area (Å²) in [6, 6.07) is 0. The summed E-state index contributed by atoms with van der Waals surface area (Å²) in [5.41, 5.74) is 7.25. The van der Waals surface area contributed by atoms with E-state index >= 15 is 0 Å². The third-order valence-corrected chi connectivity index (χ3v) is 3.08. The molecule has 0 radical (unpaired) electrons. The fourth-order valence-corrected chi connectivity index (χ4v) is 2.41. The van der Waals surface area contributed by atoms with Crippen LogP contribution in [0.1, 0.15) is 12.8 Å². The van der Waals surface area contributed by atoms with Gasteiger partial charge in [-0.15, -0.1) is 4.83 Å². The van der Waals surface area contributed by atoms with E-state index in [0.29, 0.717) is 6.61 Å². The molecule has 1 aliphatic rings. The van der Waals surface area contributed by atoms with Gasteiger partial charge in [-0.25, -0.2) is 8.42 Å². The Morgan fingerprint density at radius 1 is 1.64 bits per heavy atom. The van der Waals surface area contributed by atoms with Gasteiger partial charge in [0.1, 0.15) is 0 Å². The standard InChI is InChI=1S/C6H13N3O3S2/c7-6(13)8-9-14(10,11)4-5-2-1-3-12-5/h5,9H,1-4H2,(H3,7,8,13). The molecule has 6 nitrogen and oxygen atoms in total. The Hall–Kier alpha value is -0.440. The van der Waals surface area contributed by atoms with E-state index in [9.17, 15) is 8.42 Å². The molecule has 0 saturated carbocycles. The van der Waals surface area contributed by atoms with Gasteiger partial charge < -0.3 is 10.5 Å². The second-order valence-electron chi connectivity index (χ2n) is 3.01. The monoisotopic (exact) mass is 239 g/mol. The van der Waals surface area contributed by atoms with Gasteiger partial charge in [-0.2, -0.15) is 0 Å². The van der Waals surface area contributed by atoms with E-state index in [-0.39, 0.29) is 17.0 Å². The summed E-state index contributed by atoms with van der Waals surface area (Å²) < 4.78 is 27.8. The minimum absolute atomic E-state index is 0.0669. The Kier molecular flexibility index (Phi) is 4.05. The van der Waals surface area contributed by atoms with Crippen molar-refractivity contribution in [1.29, 1.82) is 0 Å². The SMILES string of the molecule is NC(=S)NNS(=O)(=O)CC1CCCO1. The van der Waals surface area contributed by atoms with E-state index in [1.54, 1.807) is 0 Å². The van der Waals surface area contributed by atoms with Crippen LogP contribution in [0.25, 0.3) is 0 Å². The van der Waals surface area contributed by atoms with Crippen LogP contribution in [-0.2, 0) is 14.8 Å². The lowest BCUT2D eigenvalue weighted by molar-refractivity contribution is 0.127. The van der Waals surface area contributed by atoms with Crippen LogP contribution in [0.3, 0.4) is 0 Å². The lowest BCUT2D eigenvalue weighted by atomic mass is 10.3. The third kappa shape index (κ3) is 4.18. The first-order chi connectivity index (χ1) is 6.49. The molecule has 1 unspecified atom stereocenters. The van der Waals surface area contributed by atoms with Crippen LogP contribution < -0.4 is 16.0 Å². The van der Waals surface area contributed by atoms with Crippen molar-refractivity contribution in [1.82, 2.24) is 10.3 Å². The van der Waals surface area contributed by atoms with Gasteiger partial charge in [0.25, 0.3) is 0 Å². The maximum atomic E-state index is 11.3. The number of nitrogens with one attached hydrogen (secondary N) is 2. The second-order valence-corrected chi connectivity index (χ2v) is 5.21. The Morgan fingerprint density at radius 3 is 2.86 bits per heavy atom. The molecule has 0 aliphatic carbocycles. The summed E-state index contributed by atoms with van der Waals surface area (Å²) in [6.07, 6.45) is 1.46. The molecule has 1 heterocycles. The van der Waals surface area contributed by atoms with Gasteiger partial charge in [-0.1, -0.05) is 0 Å². The zero-order valence-corrected chi connectivity index (χ0v) is 9.16. The summed E-state index contributed by atoms with van der Waals surface area (Å²) in [6.45, 7) is 0.628. The predicted molar refractivity (Wildman–Crippen MR) is 55.8 cm³/mol. The van der Waals surface area contributed by atoms with Gasteiger partial charge in [0, 0.05) is 6.61 Å². The number of hydrogen-bond donors (Lipinski definition) is 3. The van der Waals surface area contributed by atoms with E-state index in [4.69, 9.17) is 10.5 Å². The molecule has 8 heteroatoms. The number of nitrogens with two attached hydrogens (primary N) is 1. The van der Waals surface area contributed by atoms with E-state index < -0.39 is 10.0 Å². The average molecular weight is 239 g/mol. The quantitative estimate of drug-likeness (QED) is 0.423. The number of rotatable bonds is 4. The van der Waals surface area contributed by atoms with Crippen LogP contribution in [-0.4, -0.2) is 32.0 Å². The summed E-state index contributed by atoms with van der Waals surface area (Å²) >= 11 is 4.45. The van der Waals surface area contributed by atoms with Crippen molar-refractivity contribution >= 4 is 27.4 Å². The molecule has 0 amide bonds. The molecule has 4 N–H and O–H groups in total. The van der Waals surface area contributed by atoms with Gasteiger partial charge in [-0.3, -0.25) is 5.43 Å². The van der Waals surface area contributed by atoms with Crippen LogP contribution in [0.2, 0.25) is 0 Å². The van der Waals surface area contributed by atoms with Crippen molar-refractivity contribution in [3.8, 4) is 0 Å². The maximum absolute atomic E-state index is 11.3. The highest BCUT2D eigenvalue weighted by molar-refractivity contribution is 7.89. The molecule has 0 aromatic heterocycles. The van der Waals surface area contributed by atoms with Crippen molar-refractivity contribution in [3.05, 3.63) is 0 Å². The van der Waals surface area contributed by atoms with Gasteiger partial charge in [0.05, 0.1) is 11.9 Å². The first-order valence-electron chi connectivity index (χ1n) is 4.16. The smallest absolute Gasteiger partial charge is 0.230 e. The average Bonchev–Trinajstić information content (AvgIpc) is 2.53. The van der Waals surface area contributed by atoms with Gasteiger partial charge in [0.2, 0.25) is 10.0 Å². The summed E-state index contributed by atoms with van der Waals surface area (Å²) in [5.74, 6) is -0.0669. The van der Waals surface area contributed by atoms with Gasteiger partial charge >= 0.3 is 0 Å². The topological polar surface area (TPSA) is 93.5 Å². The van der Waals surface area contributed by atoms with Gasteiger partial charge in [0.15, 0.2) is 5.11 Å². The molecule has 1 atom stereocenters. The minimum Gasteiger partial charge on any atom is -0.377 e. The molecular formula is C6H13N3O3S2. The fourth-order valence-electron chi connectivity index (χ4n) is 1.19. The van der Waals surface area contributed by atoms with E-state index in [2.05, 4.69) is 22.5 Å². The zero-order chi connectivity index (χ0) is 10.6.